The Hall–Kier alpha value is -0.510. The fraction of sp³-hybridized carbons (Fsp3) is 0.333. The predicted molar refractivity (Wildman–Crippen MR) is 55.7 cm³/mol. The molecule has 2 nitrogen and oxygen atoms in total. The van der Waals surface area contributed by atoms with Gasteiger partial charge >= 0.3 is 6.18 Å². The Labute approximate surface area is 95.6 Å². The second kappa shape index (κ2) is 4.78. The lowest BCUT2D eigenvalue weighted by Crippen LogP contribution is -2.22. The van der Waals surface area contributed by atoms with Crippen molar-refractivity contribution in [1.29, 1.82) is 0 Å². The first-order chi connectivity index (χ1) is 7.20. The van der Waals surface area contributed by atoms with E-state index in [9.17, 15) is 17.7 Å². The van der Waals surface area contributed by atoms with Crippen molar-refractivity contribution in [1.82, 2.24) is 0 Å². The van der Waals surface area contributed by atoms with Crippen LogP contribution in [0.15, 0.2) is 30.3 Å². The van der Waals surface area contributed by atoms with E-state index in [0.29, 0.717) is 0 Å². The summed E-state index contributed by atoms with van der Waals surface area (Å²) in [7, 11) is 0. The van der Waals surface area contributed by atoms with Crippen molar-refractivity contribution in [3.05, 3.63) is 35.9 Å². The quantitative estimate of drug-likeness (QED) is 0.764. The Morgan fingerprint density at radius 2 is 1.81 bits per heavy atom. The van der Waals surface area contributed by atoms with Gasteiger partial charge in [0.2, 0.25) is 0 Å². The molecule has 0 N–H and O–H groups in total. The minimum atomic E-state index is -4.65. The van der Waals surface area contributed by atoms with E-state index in [-0.39, 0.29) is 5.56 Å². The van der Waals surface area contributed by atoms with Gasteiger partial charge in [0.25, 0.3) is 6.72 Å². The summed E-state index contributed by atoms with van der Waals surface area (Å²) < 4.78 is 53.4. The van der Waals surface area contributed by atoms with Crippen LogP contribution in [0.3, 0.4) is 0 Å². The second-order valence-electron chi connectivity index (χ2n) is 3.18. The standard InChI is InChI=1S/C9H9ClF3O2P/c1-16(10,14)15-8(9(11,12)13)7-5-3-2-4-6-7/h2-6,8H,1H3. The van der Waals surface area contributed by atoms with Gasteiger partial charge in [-0.15, -0.1) is 0 Å². The molecule has 0 aliphatic carbocycles. The fourth-order valence-electron chi connectivity index (χ4n) is 1.13. The van der Waals surface area contributed by atoms with Crippen LogP contribution in [0, 0.1) is 0 Å². The van der Waals surface area contributed by atoms with Gasteiger partial charge in [0.05, 0.1) is 0 Å². The molecule has 0 aliphatic heterocycles. The third-order valence-electron chi connectivity index (χ3n) is 1.69. The van der Waals surface area contributed by atoms with Crippen LogP contribution in [0.5, 0.6) is 0 Å². The molecule has 0 amide bonds. The molecule has 1 rings (SSSR count). The zero-order valence-electron chi connectivity index (χ0n) is 8.24. The van der Waals surface area contributed by atoms with E-state index in [1.165, 1.54) is 24.3 Å². The molecule has 0 saturated carbocycles. The van der Waals surface area contributed by atoms with Crippen molar-refractivity contribution in [2.45, 2.75) is 12.3 Å². The number of benzene rings is 1. The van der Waals surface area contributed by atoms with Crippen LogP contribution in [0.2, 0.25) is 0 Å². The van der Waals surface area contributed by atoms with Gasteiger partial charge < -0.3 is 0 Å². The Morgan fingerprint density at radius 3 is 2.19 bits per heavy atom. The van der Waals surface area contributed by atoms with Crippen LogP contribution in [-0.2, 0) is 9.09 Å². The van der Waals surface area contributed by atoms with Crippen LogP contribution in [-0.4, -0.2) is 12.8 Å². The van der Waals surface area contributed by atoms with Gasteiger partial charge in [0, 0.05) is 6.66 Å². The summed E-state index contributed by atoms with van der Waals surface area (Å²) in [6.45, 7) is -2.80. The van der Waals surface area contributed by atoms with Crippen molar-refractivity contribution in [3.8, 4) is 0 Å². The molecule has 1 aromatic rings. The van der Waals surface area contributed by atoms with Crippen LogP contribution < -0.4 is 0 Å². The second-order valence-corrected chi connectivity index (χ2v) is 6.73. The number of hydrogen-bond donors (Lipinski definition) is 0. The molecule has 0 aliphatic rings. The SMILES string of the molecule is CP(=O)(Cl)OC(c1ccccc1)C(F)(F)F. The maximum Gasteiger partial charge on any atom is 0.419 e. The number of hydrogen-bond acceptors (Lipinski definition) is 2. The molecule has 1 aromatic carbocycles. The normalized spacial score (nSPS) is 17.8. The van der Waals surface area contributed by atoms with Crippen molar-refractivity contribution >= 4 is 18.0 Å². The van der Waals surface area contributed by atoms with E-state index in [0.717, 1.165) is 6.66 Å². The van der Waals surface area contributed by atoms with Gasteiger partial charge in [0.15, 0.2) is 6.10 Å². The Balaban J connectivity index is 3.03. The largest absolute Gasteiger partial charge is 0.419 e. The summed E-state index contributed by atoms with van der Waals surface area (Å²) >= 11 is 5.22. The van der Waals surface area contributed by atoms with Crippen LogP contribution >= 0.6 is 18.0 Å². The highest BCUT2D eigenvalue weighted by Crippen LogP contribution is 2.55. The Morgan fingerprint density at radius 1 is 1.31 bits per heavy atom. The van der Waals surface area contributed by atoms with Gasteiger partial charge in [-0.1, -0.05) is 30.3 Å². The number of rotatable bonds is 3. The van der Waals surface area contributed by atoms with E-state index in [4.69, 9.17) is 11.2 Å². The monoisotopic (exact) mass is 272 g/mol. The molecule has 16 heavy (non-hydrogen) atoms. The van der Waals surface area contributed by atoms with E-state index < -0.39 is 19.0 Å². The summed E-state index contributed by atoms with van der Waals surface area (Å²) in [4.78, 5) is 0. The average molecular weight is 273 g/mol. The van der Waals surface area contributed by atoms with Crippen LogP contribution in [0.25, 0.3) is 0 Å². The summed E-state index contributed by atoms with van der Waals surface area (Å²) in [5, 5.41) is 0. The molecule has 90 valence electrons. The Kier molecular flexibility index (Phi) is 4.05. The van der Waals surface area contributed by atoms with Gasteiger partial charge in [-0.05, 0) is 16.8 Å². The maximum atomic E-state index is 12.6. The lowest BCUT2D eigenvalue weighted by atomic mass is 10.1. The van der Waals surface area contributed by atoms with E-state index in [1.807, 2.05) is 0 Å². The van der Waals surface area contributed by atoms with E-state index >= 15 is 0 Å². The predicted octanol–water partition coefficient (Wildman–Crippen LogP) is 4.37. The Bertz CT molecular complexity index is 387. The smallest absolute Gasteiger partial charge is 0.300 e. The average Bonchev–Trinajstić information content (AvgIpc) is 2.13. The molecular weight excluding hydrogens is 264 g/mol. The molecule has 0 fully saturated rings. The third kappa shape index (κ3) is 4.16. The fourth-order valence-corrected chi connectivity index (χ4v) is 1.98. The maximum absolute atomic E-state index is 12.6. The third-order valence-corrected chi connectivity index (χ3v) is 2.52. The summed E-state index contributed by atoms with van der Waals surface area (Å²) in [5.41, 5.74) is -0.127. The van der Waals surface area contributed by atoms with Crippen molar-refractivity contribution in [2.24, 2.45) is 0 Å². The van der Waals surface area contributed by atoms with Crippen molar-refractivity contribution in [3.63, 3.8) is 0 Å². The lowest BCUT2D eigenvalue weighted by Gasteiger charge is -2.22. The first-order valence-electron chi connectivity index (χ1n) is 4.27. The van der Waals surface area contributed by atoms with Crippen molar-refractivity contribution < 1.29 is 22.3 Å². The molecule has 2 unspecified atom stereocenters. The highest BCUT2D eigenvalue weighted by Gasteiger charge is 2.44. The van der Waals surface area contributed by atoms with Gasteiger partial charge in [0.1, 0.15) is 0 Å². The molecule has 0 saturated heterocycles. The number of alkyl halides is 3. The van der Waals surface area contributed by atoms with Gasteiger partial charge in [-0.3, -0.25) is 9.09 Å². The minimum absolute atomic E-state index is 0.127. The highest BCUT2D eigenvalue weighted by molar-refractivity contribution is 7.84. The van der Waals surface area contributed by atoms with Crippen LogP contribution in [0.4, 0.5) is 13.2 Å². The molecule has 2 atom stereocenters. The first-order valence-corrected chi connectivity index (χ1v) is 7.25. The molecule has 7 heteroatoms. The molecule has 0 heterocycles. The summed E-state index contributed by atoms with van der Waals surface area (Å²) in [5.74, 6) is 0. The molecule has 0 aromatic heterocycles. The van der Waals surface area contributed by atoms with E-state index in [1.54, 1.807) is 6.07 Å². The highest BCUT2D eigenvalue weighted by atomic mass is 35.7. The molecule has 0 radical (unpaired) electrons. The van der Waals surface area contributed by atoms with Gasteiger partial charge in [-0.25, -0.2) is 0 Å². The molecule has 0 bridgehead atoms. The van der Waals surface area contributed by atoms with Gasteiger partial charge in [-0.2, -0.15) is 13.2 Å². The zero-order valence-corrected chi connectivity index (χ0v) is 9.89. The topological polar surface area (TPSA) is 26.3 Å². The minimum Gasteiger partial charge on any atom is -0.300 e. The van der Waals surface area contributed by atoms with Crippen molar-refractivity contribution in [2.75, 3.05) is 6.66 Å². The van der Waals surface area contributed by atoms with Crippen LogP contribution in [0.1, 0.15) is 11.7 Å². The molecule has 0 spiro atoms. The molecular formula is C9H9ClF3O2P. The number of halogens is 4. The summed E-state index contributed by atoms with van der Waals surface area (Å²) in [6.07, 6.45) is -6.91. The first kappa shape index (κ1) is 13.6. The lowest BCUT2D eigenvalue weighted by molar-refractivity contribution is -0.197. The van der Waals surface area contributed by atoms with E-state index in [2.05, 4.69) is 4.52 Å². The summed E-state index contributed by atoms with van der Waals surface area (Å²) in [6, 6.07) is 6.93. The zero-order chi connectivity index (χ0) is 12.4.